The van der Waals surface area contributed by atoms with E-state index in [1.165, 1.54) is 0 Å². The number of nitrogens with zero attached hydrogens (tertiary/aromatic N) is 3. The maximum Gasteiger partial charge on any atom is 0.310 e. The maximum atomic E-state index is 12.7. The van der Waals surface area contributed by atoms with Crippen molar-refractivity contribution >= 4 is 22.6 Å². The largest absolute Gasteiger partial charge is 0.489 e. The molecule has 0 spiro atoms. The van der Waals surface area contributed by atoms with E-state index in [9.17, 15) is 4.79 Å². The molecule has 1 aromatic heterocycles. The lowest BCUT2D eigenvalue weighted by Gasteiger charge is -2.34. The van der Waals surface area contributed by atoms with Crippen LogP contribution in [0.2, 0.25) is 0 Å². The predicted molar refractivity (Wildman–Crippen MR) is 150 cm³/mol. The van der Waals surface area contributed by atoms with Gasteiger partial charge in [-0.2, -0.15) is 0 Å². The summed E-state index contributed by atoms with van der Waals surface area (Å²) in [6, 6.07) is 18.1. The molecule has 0 amide bonds. The van der Waals surface area contributed by atoms with Gasteiger partial charge in [0, 0.05) is 42.7 Å². The first-order chi connectivity index (χ1) is 19.0. The van der Waals surface area contributed by atoms with Gasteiger partial charge in [-0.05, 0) is 55.3 Å². The zero-order valence-corrected chi connectivity index (χ0v) is 22.9. The highest BCUT2D eigenvalue weighted by Gasteiger charge is 2.44. The fourth-order valence-electron chi connectivity index (χ4n) is 5.14. The number of carbonyl (C=O) groups excluding carboxylic acids is 1. The van der Waals surface area contributed by atoms with E-state index in [1.54, 1.807) is 0 Å². The van der Waals surface area contributed by atoms with E-state index in [2.05, 4.69) is 34.1 Å². The van der Waals surface area contributed by atoms with Crippen molar-refractivity contribution in [3.63, 3.8) is 0 Å². The molecule has 5 rings (SSSR count). The first-order valence-corrected chi connectivity index (χ1v) is 13.8. The summed E-state index contributed by atoms with van der Waals surface area (Å²) in [5.41, 5.74) is 4.08. The molecular weight excluding hydrogens is 494 g/mol. The number of fused-ring (bicyclic) bond motifs is 1. The topological polar surface area (TPSA) is 82.5 Å². The van der Waals surface area contributed by atoms with Crippen LogP contribution in [-0.4, -0.2) is 66.6 Å². The monoisotopic (exact) mass is 531 g/mol. The predicted octanol–water partition coefficient (Wildman–Crippen LogP) is 5.05. The summed E-state index contributed by atoms with van der Waals surface area (Å²) in [6.45, 7) is 8.55. The lowest BCUT2D eigenvalue weighted by Crippen LogP contribution is -2.48. The van der Waals surface area contributed by atoms with Crippen LogP contribution in [0.25, 0.3) is 10.9 Å². The first kappa shape index (κ1) is 27.1. The summed E-state index contributed by atoms with van der Waals surface area (Å²) in [6.07, 6.45) is 2.54. The summed E-state index contributed by atoms with van der Waals surface area (Å²) < 4.78 is 17.1. The molecule has 0 saturated carbocycles. The average molecular weight is 532 g/mol. The van der Waals surface area contributed by atoms with E-state index in [0.717, 1.165) is 65.1 Å². The molecule has 3 aromatic rings. The van der Waals surface area contributed by atoms with Crippen LogP contribution < -0.4 is 4.74 Å². The second-order valence-corrected chi connectivity index (χ2v) is 10.4. The highest BCUT2D eigenvalue weighted by molar-refractivity contribution is 6.02. The van der Waals surface area contributed by atoms with E-state index < -0.39 is 5.60 Å². The molecule has 3 heterocycles. The summed E-state index contributed by atoms with van der Waals surface area (Å²) in [5.74, 6) is 0.534. The van der Waals surface area contributed by atoms with E-state index in [0.29, 0.717) is 39.4 Å². The second-order valence-electron chi connectivity index (χ2n) is 10.4. The molecule has 8 nitrogen and oxygen atoms in total. The lowest BCUT2D eigenvalue weighted by molar-refractivity contribution is -0.152. The summed E-state index contributed by atoms with van der Waals surface area (Å²) in [4.78, 5) is 25.6. The number of unbranched alkanes of at least 4 members (excludes halogenated alkanes) is 1. The van der Waals surface area contributed by atoms with Crippen molar-refractivity contribution in [3.8, 4) is 5.75 Å². The van der Waals surface area contributed by atoms with Gasteiger partial charge in [0.05, 0.1) is 37.5 Å². The van der Waals surface area contributed by atoms with E-state index in [1.807, 2.05) is 49.4 Å². The third-order valence-electron chi connectivity index (χ3n) is 7.19. The van der Waals surface area contributed by atoms with Gasteiger partial charge in [-0.1, -0.05) is 36.7 Å². The number of carbonyl (C=O) groups is 1. The minimum atomic E-state index is -0.745. The molecule has 1 saturated heterocycles. The normalized spacial score (nSPS) is 19.5. The third-order valence-corrected chi connectivity index (χ3v) is 7.19. The third kappa shape index (κ3) is 6.94. The van der Waals surface area contributed by atoms with Gasteiger partial charge in [-0.15, -0.1) is 0 Å². The number of hydrogen-bond acceptors (Lipinski definition) is 8. The Labute approximate surface area is 229 Å². The van der Waals surface area contributed by atoms with Crippen LogP contribution in [0.5, 0.6) is 5.75 Å². The molecule has 206 valence electrons. The van der Waals surface area contributed by atoms with Crippen molar-refractivity contribution in [1.82, 2.24) is 9.88 Å². The minimum absolute atomic E-state index is 0.168. The smallest absolute Gasteiger partial charge is 0.310 e. The van der Waals surface area contributed by atoms with E-state index in [4.69, 9.17) is 19.0 Å². The molecule has 2 aromatic carbocycles. The molecular formula is C31H37N3O5. The van der Waals surface area contributed by atoms with Gasteiger partial charge in [0.25, 0.3) is 0 Å². The number of esters is 1. The summed E-state index contributed by atoms with van der Waals surface area (Å²) in [5, 5.41) is 5.54. The molecule has 2 aliphatic rings. The fraction of sp³-hybridized carbons (Fsp3) is 0.452. The lowest BCUT2D eigenvalue weighted by atomic mass is 9.90. The minimum Gasteiger partial charge on any atom is -0.489 e. The molecule has 0 aliphatic carbocycles. The SMILES string of the molecule is CCCCOC(=O)CC1(CN2CCOCC2)CC(c2ccc(OCc3cc(C)nc4ccccc34)cc2)=NO1. The standard InChI is InChI=1S/C31H37N3O5/c1-3-4-15-37-30(35)20-31(22-34-13-16-36-17-14-34)19-29(33-39-31)24-9-11-26(12-10-24)38-21-25-18-23(2)32-28-8-6-5-7-27(25)28/h5-12,18H,3-4,13-17,19-22H2,1-2H3. The Morgan fingerprint density at radius 2 is 1.90 bits per heavy atom. The Morgan fingerprint density at radius 3 is 2.69 bits per heavy atom. The van der Waals surface area contributed by atoms with Crippen LogP contribution in [0.15, 0.2) is 59.8 Å². The molecule has 1 unspecified atom stereocenters. The summed E-state index contributed by atoms with van der Waals surface area (Å²) in [7, 11) is 0. The zero-order chi connectivity index (χ0) is 27.1. The molecule has 39 heavy (non-hydrogen) atoms. The van der Waals surface area contributed by atoms with Crippen molar-refractivity contribution in [2.75, 3.05) is 39.5 Å². The highest BCUT2D eigenvalue weighted by atomic mass is 16.7. The number of ether oxygens (including phenoxy) is 3. The molecule has 0 radical (unpaired) electrons. The van der Waals surface area contributed by atoms with Gasteiger partial charge in [-0.3, -0.25) is 14.7 Å². The number of pyridine rings is 1. The van der Waals surface area contributed by atoms with Gasteiger partial charge in [0.1, 0.15) is 12.4 Å². The Morgan fingerprint density at radius 1 is 1.10 bits per heavy atom. The van der Waals surface area contributed by atoms with Crippen molar-refractivity contribution in [1.29, 1.82) is 0 Å². The van der Waals surface area contributed by atoms with Crippen LogP contribution in [0.4, 0.5) is 0 Å². The molecule has 1 atom stereocenters. The Kier molecular flexibility index (Phi) is 8.74. The number of rotatable bonds is 11. The maximum absolute atomic E-state index is 12.7. The van der Waals surface area contributed by atoms with Crippen LogP contribution in [0.3, 0.4) is 0 Å². The quantitative estimate of drug-likeness (QED) is 0.253. The van der Waals surface area contributed by atoms with Crippen molar-refractivity contribution in [2.24, 2.45) is 5.16 Å². The van der Waals surface area contributed by atoms with Gasteiger partial charge in [-0.25, -0.2) is 0 Å². The van der Waals surface area contributed by atoms with Crippen molar-refractivity contribution in [3.05, 3.63) is 71.4 Å². The zero-order valence-electron chi connectivity index (χ0n) is 22.9. The van der Waals surface area contributed by atoms with Crippen LogP contribution in [0, 0.1) is 6.92 Å². The first-order valence-electron chi connectivity index (χ1n) is 13.8. The average Bonchev–Trinajstić information content (AvgIpc) is 3.35. The summed E-state index contributed by atoms with van der Waals surface area (Å²) >= 11 is 0. The number of aromatic nitrogens is 1. The Bertz CT molecular complexity index is 1300. The molecule has 2 aliphatic heterocycles. The fourth-order valence-corrected chi connectivity index (χ4v) is 5.14. The van der Waals surface area contributed by atoms with Gasteiger partial charge in [0.15, 0.2) is 5.60 Å². The molecule has 0 bridgehead atoms. The Hall–Kier alpha value is -3.49. The van der Waals surface area contributed by atoms with Crippen molar-refractivity contribution < 1.29 is 23.8 Å². The number of oxime groups is 1. The molecule has 0 N–H and O–H groups in total. The number of para-hydroxylation sites is 1. The number of morpholine rings is 1. The van der Waals surface area contributed by atoms with E-state index >= 15 is 0 Å². The van der Waals surface area contributed by atoms with Gasteiger partial charge in [0.2, 0.25) is 0 Å². The molecule has 1 fully saturated rings. The number of aryl methyl sites for hydroxylation is 1. The van der Waals surface area contributed by atoms with Gasteiger partial charge < -0.3 is 19.0 Å². The van der Waals surface area contributed by atoms with E-state index in [-0.39, 0.29) is 12.4 Å². The number of benzene rings is 2. The highest BCUT2D eigenvalue weighted by Crippen LogP contribution is 2.32. The van der Waals surface area contributed by atoms with Crippen LogP contribution in [0.1, 0.15) is 49.4 Å². The van der Waals surface area contributed by atoms with Crippen molar-refractivity contribution in [2.45, 2.75) is 51.7 Å². The van der Waals surface area contributed by atoms with Crippen LogP contribution >= 0.6 is 0 Å². The second kappa shape index (κ2) is 12.6. The molecule has 8 heteroatoms. The van der Waals surface area contributed by atoms with Crippen LogP contribution in [-0.2, 0) is 25.7 Å². The number of hydrogen-bond donors (Lipinski definition) is 0. The Balaban J connectivity index is 1.24. The van der Waals surface area contributed by atoms with Gasteiger partial charge >= 0.3 is 5.97 Å².